The lowest BCUT2D eigenvalue weighted by atomic mass is 10.0. The molecule has 0 spiro atoms. The molecule has 2 aliphatic rings. The highest BCUT2D eigenvalue weighted by atomic mass is 32.1. The van der Waals surface area contributed by atoms with Crippen molar-refractivity contribution in [2.45, 2.75) is 25.5 Å². The van der Waals surface area contributed by atoms with Gasteiger partial charge in [-0.25, -0.2) is 0 Å². The van der Waals surface area contributed by atoms with E-state index in [-0.39, 0.29) is 23.6 Å². The van der Waals surface area contributed by atoms with Crippen LogP contribution in [0.2, 0.25) is 0 Å². The van der Waals surface area contributed by atoms with Crippen LogP contribution in [0, 0.1) is 0 Å². The second-order valence-electron chi connectivity index (χ2n) is 7.35. The highest BCUT2D eigenvalue weighted by Crippen LogP contribution is 2.35. The van der Waals surface area contributed by atoms with Gasteiger partial charge in [0.25, 0.3) is 11.8 Å². The Kier molecular flexibility index (Phi) is 4.40. The van der Waals surface area contributed by atoms with Gasteiger partial charge in [-0.2, -0.15) is 0 Å². The number of carbonyl (C=O) groups excluding carboxylic acids is 3. The van der Waals surface area contributed by atoms with Gasteiger partial charge in [0.1, 0.15) is 18.4 Å². The molecule has 0 radical (unpaired) electrons. The number of piperidine rings is 1. The van der Waals surface area contributed by atoms with Gasteiger partial charge in [-0.3, -0.25) is 19.3 Å². The Morgan fingerprint density at radius 2 is 1.93 bits per heavy atom. The minimum Gasteiger partial charge on any atom is -0.488 e. The third-order valence-electron chi connectivity index (χ3n) is 5.49. The van der Waals surface area contributed by atoms with Crippen LogP contribution in [0.1, 0.15) is 39.1 Å². The van der Waals surface area contributed by atoms with Crippen LogP contribution < -0.4 is 10.1 Å². The topological polar surface area (TPSA) is 75.7 Å². The number of benzene rings is 2. The first-order valence-electron chi connectivity index (χ1n) is 9.62. The molecular weight excluding hydrogens is 400 g/mol. The zero-order valence-corrected chi connectivity index (χ0v) is 16.8. The molecule has 1 unspecified atom stereocenters. The molecule has 6 nitrogen and oxygen atoms in total. The average Bonchev–Trinajstić information content (AvgIpc) is 3.26. The van der Waals surface area contributed by atoms with Crippen molar-refractivity contribution in [3.05, 3.63) is 76.8 Å². The maximum Gasteiger partial charge on any atom is 0.266 e. The van der Waals surface area contributed by atoms with Crippen molar-refractivity contribution in [2.75, 3.05) is 0 Å². The lowest BCUT2D eigenvalue weighted by Crippen LogP contribution is -2.51. The summed E-state index contributed by atoms with van der Waals surface area (Å²) in [5.41, 5.74) is 2.11. The van der Waals surface area contributed by atoms with Crippen molar-refractivity contribution >= 4 is 39.1 Å². The Bertz CT molecular complexity index is 1230. The number of amides is 3. The third kappa shape index (κ3) is 2.90. The van der Waals surface area contributed by atoms with Crippen molar-refractivity contribution in [1.82, 2.24) is 10.2 Å². The molecule has 1 N–H and O–H groups in total. The van der Waals surface area contributed by atoms with E-state index in [4.69, 9.17) is 4.74 Å². The van der Waals surface area contributed by atoms with Crippen LogP contribution >= 0.6 is 11.3 Å². The fourth-order valence-corrected chi connectivity index (χ4v) is 4.93. The summed E-state index contributed by atoms with van der Waals surface area (Å²) in [6.07, 6.45) is 0.894. The minimum atomic E-state index is -0.837. The fourth-order valence-electron chi connectivity index (χ4n) is 3.98. The first kappa shape index (κ1) is 18.6. The first-order chi connectivity index (χ1) is 14.5. The summed E-state index contributed by atoms with van der Waals surface area (Å²) in [5.74, 6) is -0.986. The summed E-state index contributed by atoms with van der Waals surface area (Å²) >= 11 is 1.63. The quantitative estimate of drug-likeness (QED) is 0.653. The van der Waals surface area contributed by atoms with Gasteiger partial charge in [0.15, 0.2) is 0 Å². The number of thiophene rings is 1. The highest BCUT2D eigenvalue weighted by molar-refractivity contribution is 7.17. The summed E-state index contributed by atoms with van der Waals surface area (Å²) in [7, 11) is 0. The lowest BCUT2D eigenvalue weighted by Gasteiger charge is -2.29. The monoisotopic (exact) mass is 418 g/mol. The van der Waals surface area contributed by atoms with Crippen LogP contribution in [0.5, 0.6) is 5.75 Å². The van der Waals surface area contributed by atoms with Crippen molar-refractivity contribution in [3.63, 3.8) is 0 Å². The second kappa shape index (κ2) is 7.11. The molecular formula is C23H18N2O4S. The minimum absolute atomic E-state index is 0.222. The molecule has 3 heterocycles. The van der Waals surface area contributed by atoms with Crippen LogP contribution in [0.4, 0.5) is 0 Å². The number of hydrogen-bond acceptors (Lipinski definition) is 5. The zero-order valence-electron chi connectivity index (χ0n) is 16.0. The predicted molar refractivity (Wildman–Crippen MR) is 113 cm³/mol. The van der Waals surface area contributed by atoms with E-state index in [2.05, 4.69) is 11.9 Å². The van der Waals surface area contributed by atoms with E-state index in [1.54, 1.807) is 29.5 Å². The van der Waals surface area contributed by atoms with Gasteiger partial charge in [0.05, 0.1) is 11.1 Å². The summed E-state index contributed by atoms with van der Waals surface area (Å²) in [4.78, 5) is 39.5. The SMILES string of the molecule is C=C1CCC(N2C(=O)c3cccc(OCc4csc5ccccc45)c3C2=O)C(=O)N1. The van der Waals surface area contributed by atoms with E-state index in [1.165, 1.54) is 0 Å². The van der Waals surface area contributed by atoms with Crippen molar-refractivity contribution in [3.8, 4) is 5.75 Å². The van der Waals surface area contributed by atoms with Gasteiger partial charge in [0.2, 0.25) is 5.91 Å². The Hall–Kier alpha value is -3.45. The van der Waals surface area contributed by atoms with E-state index in [9.17, 15) is 14.4 Å². The molecule has 2 aliphatic heterocycles. The molecule has 30 heavy (non-hydrogen) atoms. The summed E-state index contributed by atoms with van der Waals surface area (Å²) < 4.78 is 7.16. The van der Waals surface area contributed by atoms with Gasteiger partial charge in [-0.15, -0.1) is 11.3 Å². The number of hydrogen-bond donors (Lipinski definition) is 1. The van der Waals surface area contributed by atoms with Crippen LogP contribution in [0.3, 0.4) is 0 Å². The first-order valence-corrected chi connectivity index (χ1v) is 10.5. The Morgan fingerprint density at radius 1 is 1.10 bits per heavy atom. The van der Waals surface area contributed by atoms with Crippen LogP contribution in [0.25, 0.3) is 10.1 Å². The average molecular weight is 418 g/mol. The third-order valence-corrected chi connectivity index (χ3v) is 6.50. The Labute approximate surface area is 176 Å². The summed E-state index contributed by atoms with van der Waals surface area (Å²) in [6, 6.07) is 12.2. The molecule has 150 valence electrons. The molecule has 0 saturated carbocycles. The van der Waals surface area contributed by atoms with Gasteiger partial charge in [0, 0.05) is 16.0 Å². The predicted octanol–water partition coefficient (Wildman–Crippen LogP) is 3.87. The van der Waals surface area contributed by atoms with Crippen LogP contribution in [0.15, 0.2) is 60.1 Å². The number of fused-ring (bicyclic) bond motifs is 2. The molecule has 5 rings (SSSR count). The molecule has 0 aliphatic carbocycles. The highest BCUT2D eigenvalue weighted by Gasteiger charge is 2.45. The molecule has 1 aromatic heterocycles. The van der Waals surface area contributed by atoms with E-state index >= 15 is 0 Å². The fraction of sp³-hybridized carbons (Fsp3) is 0.174. The molecule has 3 amide bonds. The maximum absolute atomic E-state index is 13.2. The zero-order chi connectivity index (χ0) is 20.8. The van der Waals surface area contributed by atoms with Crippen LogP contribution in [-0.4, -0.2) is 28.7 Å². The standard InChI is InChI=1S/C23H18N2O4S/c1-13-9-10-17(21(26)24-13)25-22(27)16-6-4-7-18(20(16)23(25)28)29-11-14-12-30-19-8-3-2-5-15(14)19/h2-8,12,17H,1,9-11H2,(H,24,26). The van der Waals surface area contributed by atoms with Crippen molar-refractivity contribution in [2.24, 2.45) is 0 Å². The second-order valence-corrected chi connectivity index (χ2v) is 8.26. The number of carbonyl (C=O) groups is 3. The number of ether oxygens (including phenoxy) is 1. The molecule has 1 atom stereocenters. The van der Waals surface area contributed by atoms with Gasteiger partial charge >= 0.3 is 0 Å². The number of nitrogens with zero attached hydrogens (tertiary/aromatic N) is 1. The maximum atomic E-state index is 13.2. The lowest BCUT2D eigenvalue weighted by molar-refractivity contribution is -0.125. The normalized spacial score (nSPS) is 18.7. The number of imide groups is 1. The largest absolute Gasteiger partial charge is 0.488 e. The molecule has 1 fully saturated rings. The van der Waals surface area contributed by atoms with E-state index in [0.717, 1.165) is 20.5 Å². The molecule has 1 saturated heterocycles. The molecule has 0 bridgehead atoms. The van der Waals surface area contributed by atoms with Gasteiger partial charge in [-0.05, 0) is 41.8 Å². The molecule has 7 heteroatoms. The van der Waals surface area contributed by atoms with E-state index in [0.29, 0.717) is 24.3 Å². The Balaban J connectivity index is 1.43. The summed E-state index contributed by atoms with van der Waals surface area (Å²) in [5, 5.41) is 5.78. The van der Waals surface area contributed by atoms with E-state index in [1.807, 2.05) is 29.6 Å². The van der Waals surface area contributed by atoms with Gasteiger partial charge in [-0.1, -0.05) is 30.8 Å². The summed E-state index contributed by atoms with van der Waals surface area (Å²) in [6.45, 7) is 4.03. The van der Waals surface area contributed by atoms with E-state index < -0.39 is 17.9 Å². The number of nitrogens with one attached hydrogen (secondary N) is 1. The molecule has 2 aromatic carbocycles. The Morgan fingerprint density at radius 3 is 2.77 bits per heavy atom. The van der Waals surface area contributed by atoms with Crippen LogP contribution in [-0.2, 0) is 11.4 Å². The molecule has 3 aromatic rings. The number of allylic oxidation sites excluding steroid dienone is 1. The van der Waals surface area contributed by atoms with Crippen molar-refractivity contribution < 1.29 is 19.1 Å². The van der Waals surface area contributed by atoms with Crippen molar-refractivity contribution in [1.29, 1.82) is 0 Å². The number of rotatable bonds is 4. The van der Waals surface area contributed by atoms with Gasteiger partial charge < -0.3 is 10.1 Å². The smallest absolute Gasteiger partial charge is 0.266 e.